The Kier molecular flexibility index (Phi) is 6.59. The van der Waals surface area contributed by atoms with Crippen LogP contribution >= 0.6 is 11.6 Å². The number of carbonyl (C=O) groups excluding carboxylic acids is 1. The Labute approximate surface area is 157 Å². The van der Waals surface area contributed by atoms with E-state index in [9.17, 15) is 23.3 Å². The Bertz CT molecular complexity index is 797. The van der Waals surface area contributed by atoms with Crippen molar-refractivity contribution in [2.24, 2.45) is 0 Å². The first-order valence-corrected chi connectivity index (χ1v) is 10.4. The highest BCUT2D eigenvalue weighted by molar-refractivity contribution is 7.91. The Hall–Kier alpha value is -1.71. The third-order valence-electron chi connectivity index (χ3n) is 4.30. The predicted molar refractivity (Wildman–Crippen MR) is 99.4 cm³/mol. The Morgan fingerprint density at radius 2 is 2.04 bits per heavy atom. The first-order chi connectivity index (χ1) is 12.1. The smallest absolute Gasteiger partial charge is 0.283 e. The molecule has 1 aliphatic rings. The van der Waals surface area contributed by atoms with Gasteiger partial charge in [0, 0.05) is 23.7 Å². The molecule has 0 aromatic heterocycles. The fourth-order valence-corrected chi connectivity index (χ4v) is 4.92. The molecule has 0 saturated carbocycles. The van der Waals surface area contributed by atoms with Crippen LogP contribution in [-0.2, 0) is 9.84 Å². The number of benzene rings is 1. The predicted octanol–water partition coefficient (Wildman–Crippen LogP) is 1.83. The standard InChI is InChI=1S/C16H22ClN3O5S/c1-18(2)7-3-8-19(13-6-9-26(24,25)11-13)16(21)14-5-4-12(17)10-15(14)20(22)23/h4-5,10,13H,3,6-9,11H2,1-2H3. The van der Waals surface area contributed by atoms with Crippen LogP contribution in [0.2, 0.25) is 5.02 Å². The van der Waals surface area contributed by atoms with Gasteiger partial charge in [0.15, 0.2) is 9.84 Å². The van der Waals surface area contributed by atoms with Gasteiger partial charge in [-0.25, -0.2) is 8.42 Å². The summed E-state index contributed by atoms with van der Waals surface area (Å²) in [5.41, 5.74) is -0.450. The van der Waals surface area contributed by atoms with Crippen LogP contribution in [0.15, 0.2) is 18.2 Å². The summed E-state index contributed by atoms with van der Waals surface area (Å²) >= 11 is 5.81. The maximum Gasteiger partial charge on any atom is 0.283 e. The van der Waals surface area contributed by atoms with E-state index in [0.717, 1.165) is 6.07 Å². The number of nitro groups is 1. The van der Waals surface area contributed by atoms with Gasteiger partial charge in [0.05, 0.1) is 16.4 Å². The van der Waals surface area contributed by atoms with Crippen LogP contribution in [0.3, 0.4) is 0 Å². The zero-order valence-electron chi connectivity index (χ0n) is 14.7. The summed E-state index contributed by atoms with van der Waals surface area (Å²) in [6.45, 7) is 1.04. The molecule has 1 amide bonds. The number of amides is 1. The van der Waals surface area contributed by atoms with E-state index < -0.39 is 26.7 Å². The van der Waals surface area contributed by atoms with Crippen LogP contribution in [0.5, 0.6) is 0 Å². The van der Waals surface area contributed by atoms with Gasteiger partial charge >= 0.3 is 0 Å². The van der Waals surface area contributed by atoms with Crippen molar-refractivity contribution >= 4 is 33.0 Å². The van der Waals surface area contributed by atoms with E-state index in [4.69, 9.17) is 11.6 Å². The van der Waals surface area contributed by atoms with Crippen molar-refractivity contribution in [1.82, 2.24) is 9.80 Å². The number of hydrogen-bond donors (Lipinski definition) is 0. The third-order valence-corrected chi connectivity index (χ3v) is 6.29. The van der Waals surface area contributed by atoms with Crippen molar-refractivity contribution in [2.75, 3.05) is 38.7 Å². The van der Waals surface area contributed by atoms with Crippen molar-refractivity contribution in [3.05, 3.63) is 38.9 Å². The van der Waals surface area contributed by atoms with Crippen LogP contribution in [-0.4, -0.2) is 73.8 Å². The lowest BCUT2D eigenvalue weighted by Gasteiger charge is -2.29. The molecule has 1 aromatic rings. The number of carbonyl (C=O) groups is 1. The van der Waals surface area contributed by atoms with Crippen LogP contribution < -0.4 is 0 Å². The number of halogens is 1. The van der Waals surface area contributed by atoms with Crippen LogP contribution in [0.4, 0.5) is 5.69 Å². The van der Waals surface area contributed by atoms with E-state index in [0.29, 0.717) is 25.9 Å². The van der Waals surface area contributed by atoms with Gasteiger partial charge in [0.25, 0.3) is 11.6 Å². The maximum absolute atomic E-state index is 13.0. The average molecular weight is 404 g/mol. The zero-order chi connectivity index (χ0) is 19.5. The molecule has 1 aromatic carbocycles. The van der Waals surface area contributed by atoms with Gasteiger partial charge in [-0.15, -0.1) is 0 Å². The van der Waals surface area contributed by atoms with Crippen LogP contribution in [0, 0.1) is 10.1 Å². The number of hydrogen-bond acceptors (Lipinski definition) is 6. The first-order valence-electron chi connectivity index (χ1n) is 8.21. The molecule has 26 heavy (non-hydrogen) atoms. The monoisotopic (exact) mass is 403 g/mol. The molecule has 1 saturated heterocycles. The molecule has 8 nitrogen and oxygen atoms in total. The van der Waals surface area contributed by atoms with Crippen LogP contribution in [0.25, 0.3) is 0 Å². The van der Waals surface area contributed by atoms with Gasteiger partial charge in [-0.1, -0.05) is 11.6 Å². The molecule has 0 bridgehead atoms. The SMILES string of the molecule is CN(C)CCCN(C(=O)c1ccc(Cl)cc1[N+](=O)[O-])C1CCS(=O)(=O)C1. The lowest BCUT2D eigenvalue weighted by Crippen LogP contribution is -2.42. The fourth-order valence-electron chi connectivity index (χ4n) is 3.02. The summed E-state index contributed by atoms with van der Waals surface area (Å²) in [6.07, 6.45) is 0.980. The summed E-state index contributed by atoms with van der Waals surface area (Å²) in [7, 11) is 0.608. The number of rotatable bonds is 7. The highest BCUT2D eigenvalue weighted by atomic mass is 35.5. The van der Waals surface area contributed by atoms with Crippen molar-refractivity contribution < 1.29 is 18.1 Å². The normalized spacial score (nSPS) is 18.8. The molecule has 0 spiro atoms. The highest BCUT2D eigenvalue weighted by Crippen LogP contribution is 2.27. The van der Waals surface area contributed by atoms with Gasteiger partial charge in [-0.3, -0.25) is 14.9 Å². The molecule has 0 radical (unpaired) electrons. The van der Waals surface area contributed by atoms with E-state index in [-0.39, 0.29) is 27.8 Å². The zero-order valence-corrected chi connectivity index (χ0v) is 16.3. The summed E-state index contributed by atoms with van der Waals surface area (Å²) in [4.78, 5) is 27.1. The Morgan fingerprint density at radius 1 is 1.35 bits per heavy atom. The Morgan fingerprint density at radius 3 is 2.58 bits per heavy atom. The molecular weight excluding hydrogens is 382 g/mol. The lowest BCUT2D eigenvalue weighted by atomic mass is 10.1. The van der Waals surface area contributed by atoms with Crippen LogP contribution in [0.1, 0.15) is 23.2 Å². The topological polar surface area (TPSA) is 101 Å². The molecule has 1 atom stereocenters. The lowest BCUT2D eigenvalue weighted by molar-refractivity contribution is -0.385. The fraction of sp³-hybridized carbons (Fsp3) is 0.562. The molecule has 1 fully saturated rings. The van der Waals surface area contributed by atoms with Crippen molar-refractivity contribution in [3.8, 4) is 0 Å². The molecule has 0 N–H and O–H groups in total. The van der Waals surface area contributed by atoms with Crippen molar-refractivity contribution in [2.45, 2.75) is 18.9 Å². The third kappa shape index (κ3) is 5.15. The second kappa shape index (κ2) is 8.32. The minimum Gasteiger partial charge on any atom is -0.334 e. The second-order valence-electron chi connectivity index (χ2n) is 6.63. The van der Waals surface area contributed by atoms with Gasteiger partial charge in [-0.2, -0.15) is 0 Å². The van der Waals surface area contributed by atoms with Crippen molar-refractivity contribution in [3.63, 3.8) is 0 Å². The minimum absolute atomic E-state index is 0.0256. The molecule has 1 unspecified atom stereocenters. The van der Waals surface area contributed by atoms with Gasteiger partial charge < -0.3 is 9.80 Å². The first kappa shape index (κ1) is 20.6. The number of sulfone groups is 1. The summed E-state index contributed by atoms with van der Waals surface area (Å²) in [6, 6.07) is 3.42. The highest BCUT2D eigenvalue weighted by Gasteiger charge is 2.36. The number of nitrogens with zero attached hydrogens (tertiary/aromatic N) is 3. The Balaban J connectivity index is 2.32. The molecule has 144 valence electrons. The molecule has 10 heteroatoms. The van der Waals surface area contributed by atoms with E-state index in [2.05, 4.69) is 0 Å². The molecular formula is C16H22ClN3O5S. The van der Waals surface area contributed by atoms with E-state index in [1.807, 2.05) is 19.0 Å². The molecule has 1 heterocycles. The average Bonchev–Trinajstić information content (AvgIpc) is 2.90. The van der Waals surface area contributed by atoms with Gasteiger partial charge in [-0.05, 0) is 45.6 Å². The van der Waals surface area contributed by atoms with E-state index in [1.54, 1.807) is 0 Å². The van der Waals surface area contributed by atoms with Gasteiger partial charge in [0.2, 0.25) is 0 Å². The second-order valence-corrected chi connectivity index (χ2v) is 9.30. The molecule has 0 aliphatic carbocycles. The molecule has 1 aliphatic heterocycles. The minimum atomic E-state index is -3.19. The summed E-state index contributed by atoms with van der Waals surface area (Å²) in [5.74, 6) is -0.617. The maximum atomic E-state index is 13.0. The quantitative estimate of drug-likeness (QED) is 0.508. The largest absolute Gasteiger partial charge is 0.334 e. The number of nitro benzene ring substituents is 1. The van der Waals surface area contributed by atoms with E-state index >= 15 is 0 Å². The van der Waals surface area contributed by atoms with E-state index in [1.165, 1.54) is 17.0 Å². The summed E-state index contributed by atoms with van der Waals surface area (Å²) in [5, 5.41) is 11.5. The van der Waals surface area contributed by atoms with Gasteiger partial charge in [0.1, 0.15) is 5.56 Å². The molecule has 2 rings (SSSR count). The van der Waals surface area contributed by atoms with Crippen molar-refractivity contribution in [1.29, 1.82) is 0 Å². The summed E-state index contributed by atoms with van der Waals surface area (Å²) < 4.78 is 23.7.